The van der Waals surface area contributed by atoms with Gasteiger partial charge >= 0.3 is 0 Å². The van der Waals surface area contributed by atoms with E-state index in [-0.39, 0.29) is 5.82 Å². The smallest absolute Gasteiger partial charge is 0.175 e. The van der Waals surface area contributed by atoms with Gasteiger partial charge < -0.3 is 10.6 Å². The first-order valence-electron chi connectivity index (χ1n) is 6.37. The molecule has 0 aromatic heterocycles. The van der Waals surface area contributed by atoms with E-state index in [0.29, 0.717) is 10.8 Å². The van der Waals surface area contributed by atoms with Crippen LogP contribution in [-0.4, -0.2) is 5.11 Å². The van der Waals surface area contributed by atoms with Crippen LogP contribution in [0.25, 0.3) is 0 Å². The molecule has 0 saturated heterocycles. The fourth-order valence-electron chi connectivity index (χ4n) is 1.96. The van der Waals surface area contributed by atoms with Crippen molar-refractivity contribution in [2.75, 3.05) is 10.6 Å². The molecule has 104 valence electrons. The van der Waals surface area contributed by atoms with Crippen LogP contribution in [0.5, 0.6) is 0 Å². The van der Waals surface area contributed by atoms with Crippen LogP contribution >= 0.6 is 12.2 Å². The molecule has 2 rings (SSSR count). The van der Waals surface area contributed by atoms with Crippen LogP contribution in [0.2, 0.25) is 0 Å². The van der Waals surface area contributed by atoms with Crippen LogP contribution in [0.3, 0.4) is 0 Å². The molecule has 0 amide bonds. The minimum atomic E-state index is -0.285. The maximum absolute atomic E-state index is 13.2. The first kappa shape index (κ1) is 14.5. The predicted molar refractivity (Wildman–Crippen MR) is 86.9 cm³/mol. The van der Waals surface area contributed by atoms with E-state index in [4.69, 9.17) is 12.2 Å². The first-order chi connectivity index (χ1) is 9.45. The molecule has 0 heterocycles. The highest BCUT2D eigenvalue weighted by Crippen LogP contribution is 2.19. The monoisotopic (exact) mass is 288 g/mol. The van der Waals surface area contributed by atoms with Gasteiger partial charge in [0.05, 0.1) is 0 Å². The van der Waals surface area contributed by atoms with Crippen LogP contribution in [0.15, 0.2) is 36.4 Å². The minimum Gasteiger partial charge on any atom is -0.332 e. The molecule has 0 aliphatic rings. The van der Waals surface area contributed by atoms with Gasteiger partial charge in [-0.1, -0.05) is 23.8 Å². The van der Waals surface area contributed by atoms with Crippen molar-refractivity contribution in [3.8, 4) is 0 Å². The Hall–Kier alpha value is -1.94. The van der Waals surface area contributed by atoms with Crippen LogP contribution in [0.1, 0.15) is 16.7 Å². The lowest BCUT2D eigenvalue weighted by Gasteiger charge is -2.14. The quantitative estimate of drug-likeness (QED) is 0.792. The lowest BCUT2D eigenvalue weighted by Crippen LogP contribution is -2.20. The zero-order valence-corrected chi connectivity index (χ0v) is 12.6. The molecule has 0 saturated carbocycles. The zero-order valence-electron chi connectivity index (χ0n) is 11.8. The Kier molecular flexibility index (Phi) is 4.35. The zero-order chi connectivity index (χ0) is 14.7. The summed E-state index contributed by atoms with van der Waals surface area (Å²) in [4.78, 5) is 0. The van der Waals surface area contributed by atoms with Gasteiger partial charge in [0.1, 0.15) is 5.82 Å². The van der Waals surface area contributed by atoms with Crippen LogP contribution < -0.4 is 10.6 Å². The van der Waals surface area contributed by atoms with E-state index >= 15 is 0 Å². The summed E-state index contributed by atoms with van der Waals surface area (Å²) in [5, 5.41) is 6.60. The van der Waals surface area contributed by atoms with Crippen molar-refractivity contribution in [1.82, 2.24) is 0 Å². The molecule has 0 aliphatic carbocycles. The molecule has 0 fully saturated rings. The van der Waals surface area contributed by atoms with Crippen LogP contribution in [0, 0.1) is 26.6 Å². The molecule has 2 nitrogen and oxygen atoms in total. The predicted octanol–water partition coefficient (Wildman–Crippen LogP) is 4.56. The molecule has 0 aliphatic heterocycles. The normalized spacial score (nSPS) is 10.2. The Labute approximate surface area is 124 Å². The summed E-state index contributed by atoms with van der Waals surface area (Å²) in [5.74, 6) is -0.285. The highest BCUT2D eigenvalue weighted by Gasteiger charge is 2.05. The van der Waals surface area contributed by atoms with Gasteiger partial charge in [0.2, 0.25) is 0 Å². The van der Waals surface area contributed by atoms with Gasteiger partial charge in [-0.15, -0.1) is 0 Å². The molecule has 0 unspecified atom stereocenters. The third kappa shape index (κ3) is 3.54. The largest absolute Gasteiger partial charge is 0.332 e. The van der Waals surface area contributed by atoms with Gasteiger partial charge in [0.25, 0.3) is 0 Å². The molecule has 2 aromatic rings. The SMILES string of the molecule is Cc1ccc(NC(=S)Nc2cc(F)ccc2C)c(C)c1. The fourth-order valence-corrected chi connectivity index (χ4v) is 2.18. The summed E-state index contributed by atoms with van der Waals surface area (Å²) in [6.45, 7) is 5.97. The van der Waals surface area contributed by atoms with Crippen molar-refractivity contribution >= 4 is 28.7 Å². The average Bonchev–Trinajstić information content (AvgIpc) is 2.37. The van der Waals surface area contributed by atoms with Gasteiger partial charge in [0.15, 0.2) is 5.11 Å². The number of nitrogens with one attached hydrogen (secondary N) is 2. The van der Waals surface area contributed by atoms with E-state index in [1.54, 1.807) is 6.07 Å². The van der Waals surface area contributed by atoms with Crippen molar-refractivity contribution < 1.29 is 4.39 Å². The van der Waals surface area contributed by atoms with Gasteiger partial charge in [-0.3, -0.25) is 0 Å². The lowest BCUT2D eigenvalue weighted by molar-refractivity contribution is 0.628. The molecule has 0 radical (unpaired) electrons. The number of halogens is 1. The Morgan fingerprint density at radius 2 is 1.60 bits per heavy atom. The Morgan fingerprint density at radius 3 is 2.30 bits per heavy atom. The molecule has 20 heavy (non-hydrogen) atoms. The maximum Gasteiger partial charge on any atom is 0.175 e. The number of anilines is 2. The third-order valence-electron chi connectivity index (χ3n) is 3.08. The van der Waals surface area contributed by atoms with E-state index < -0.39 is 0 Å². The highest BCUT2D eigenvalue weighted by molar-refractivity contribution is 7.80. The summed E-state index contributed by atoms with van der Waals surface area (Å²) in [7, 11) is 0. The van der Waals surface area contributed by atoms with Gasteiger partial charge in [-0.05, 0) is 62.3 Å². The standard InChI is InChI=1S/C16H17FN2S/c1-10-4-7-14(12(3)8-10)18-16(20)19-15-9-13(17)6-5-11(15)2/h4-9H,1-3H3,(H2,18,19,20). The number of benzene rings is 2. The average molecular weight is 288 g/mol. The number of thiocarbonyl (C=S) groups is 1. The molecule has 0 atom stereocenters. The van der Waals surface area contributed by atoms with Crippen molar-refractivity contribution in [2.45, 2.75) is 20.8 Å². The summed E-state index contributed by atoms with van der Waals surface area (Å²) < 4.78 is 13.2. The second-order valence-corrected chi connectivity index (χ2v) is 5.26. The molecular formula is C16H17FN2S. The van der Waals surface area contributed by atoms with Gasteiger partial charge in [-0.25, -0.2) is 4.39 Å². The molecule has 0 bridgehead atoms. The third-order valence-corrected chi connectivity index (χ3v) is 3.28. The fraction of sp³-hybridized carbons (Fsp3) is 0.188. The second-order valence-electron chi connectivity index (χ2n) is 4.86. The number of hydrogen-bond donors (Lipinski definition) is 2. The summed E-state index contributed by atoms with van der Waals surface area (Å²) >= 11 is 5.27. The van der Waals surface area contributed by atoms with E-state index in [9.17, 15) is 4.39 Å². The summed E-state index contributed by atoms with van der Waals surface area (Å²) in [6, 6.07) is 10.7. The van der Waals surface area contributed by atoms with Gasteiger partial charge in [0, 0.05) is 11.4 Å². The van der Waals surface area contributed by atoms with Crippen molar-refractivity contribution in [3.63, 3.8) is 0 Å². The van der Waals surface area contributed by atoms with Crippen molar-refractivity contribution in [3.05, 3.63) is 58.9 Å². The number of hydrogen-bond acceptors (Lipinski definition) is 1. The lowest BCUT2D eigenvalue weighted by atomic mass is 10.1. The van der Waals surface area contributed by atoms with Crippen molar-refractivity contribution in [1.29, 1.82) is 0 Å². The Balaban J connectivity index is 2.11. The van der Waals surface area contributed by atoms with E-state index in [2.05, 4.69) is 16.7 Å². The van der Waals surface area contributed by atoms with Crippen LogP contribution in [-0.2, 0) is 0 Å². The first-order valence-corrected chi connectivity index (χ1v) is 6.78. The second kappa shape index (κ2) is 6.01. The Bertz CT molecular complexity index is 653. The number of aryl methyl sites for hydroxylation is 3. The Morgan fingerprint density at radius 1 is 0.900 bits per heavy atom. The van der Waals surface area contributed by atoms with E-state index in [1.807, 2.05) is 32.9 Å². The van der Waals surface area contributed by atoms with E-state index in [1.165, 1.54) is 17.7 Å². The van der Waals surface area contributed by atoms with E-state index in [0.717, 1.165) is 16.8 Å². The number of rotatable bonds is 2. The molecular weight excluding hydrogens is 271 g/mol. The topological polar surface area (TPSA) is 24.1 Å². The van der Waals surface area contributed by atoms with Crippen LogP contribution in [0.4, 0.5) is 15.8 Å². The molecule has 0 spiro atoms. The highest BCUT2D eigenvalue weighted by atomic mass is 32.1. The van der Waals surface area contributed by atoms with Crippen molar-refractivity contribution in [2.24, 2.45) is 0 Å². The molecule has 4 heteroatoms. The minimum absolute atomic E-state index is 0.285. The summed E-state index contributed by atoms with van der Waals surface area (Å²) in [6.07, 6.45) is 0. The maximum atomic E-state index is 13.2. The molecule has 2 N–H and O–H groups in total. The van der Waals surface area contributed by atoms with Gasteiger partial charge in [-0.2, -0.15) is 0 Å². The summed E-state index contributed by atoms with van der Waals surface area (Å²) in [5.41, 5.74) is 4.88. The molecule has 2 aromatic carbocycles.